The van der Waals surface area contributed by atoms with E-state index in [1.54, 1.807) is 45.2 Å². The third-order valence-corrected chi connectivity index (χ3v) is 8.06. The van der Waals surface area contributed by atoms with Crippen LogP contribution in [0, 0.1) is 12.7 Å². The second kappa shape index (κ2) is 11.5. The number of nitrogens with one attached hydrogen (secondary N) is 1. The number of benzene rings is 3. The molecule has 0 saturated heterocycles. The molecule has 1 aliphatic rings. The normalized spacial score (nSPS) is 13.7. The van der Waals surface area contributed by atoms with Crippen molar-refractivity contribution in [1.82, 2.24) is 25.0 Å². The minimum atomic E-state index is -0.838. The fourth-order valence-corrected chi connectivity index (χ4v) is 5.50. The van der Waals surface area contributed by atoms with Gasteiger partial charge in [0.2, 0.25) is 0 Å². The zero-order valence-electron chi connectivity index (χ0n) is 26.3. The quantitative estimate of drug-likeness (QED) is 0.221. The molecule has 0 bridgehead atoms. The van der Waals surface area contributed by atoms with E-state index in [9.17, 15) is 18.8 Å². The van der Waals surface area contributed by atoms with Gasteiger partial charge >= 0.3 is 6.09 Å². The zero-order valence-corrected chi connectivity index (χ0v) is 26.3. The summed E-state index contributed by atoms with van der Waals surface area (Å²) in [7, 11) is 1.33. The number of aryl methyl sites for hydroxylation is 1. The van der Waals surface area contributed by atoms with Gasteiger partial charge in [0, 0.05) is 23.7 Å². The molecule has 1 aliphatic carbocycles. The number of carbonyl (C=O) groups is 3. The molecule has 10 heteroatoms. The van der Waals surface area contributed by atoms with Crippen molar-refractivity contribution in [3.63, 3.8) is 0 Å². The number of aromatic nitrogens is 3. The molecule has 1 saturated carbocycles. The molecule has 3 aromatic carbocycles. The summed E-state index contributed by atoms with van der Waals surface area (Å²) in [6.07, 6.45) is 2.42. The minimum Gasteiger partial charge on any atom is -0.443 e. The van der Waals surface area contributed by atoms with Crippen molar-refractivity contribution < 1.29 is 23.5 Å². The van der Waals surface area contributed by atoms with E-state index in [-0.39, 0.29) is 17.2 Å². The molecule has 0 atom stereocenters. The third kappa shape index (κ3) is 5.85. The maximum absolute atomic E-state index is 14.2. The first-order valence-electron chi connectivity index (χ1n) is 15.0. The fourth-order valence-electron chi connectivity index (χ4n) is 5.50. The highest BCUT2D eigenvalue weighted by Gasteiger charge is 2.45. The number of carbonyl (C=O) groups excluding carboxylic acids is 3. The lowest BCUT2D eigenvalue weighted by molar-refractivity contribution is 0.0285. The molecule has 0 radical (unpaired) electrons. The Morgan fingerprint density at radius 3 is 2.30 bits per heavy atom. The standard InChI is InChI=1S/C36H34FN5O4/c1-22-11-12-24(32(43)39-36(18-19-36)25-9-7-6-8-10-25)21-28(22)27-17-20-38-42-31(27)29(30(40-42)23-13-15-26(37)16-14-23)33(44)41(5)34(45)46-35(2,3)4/h6-17,20-21H,18-19H2,1-5H3,(H,39,43). The van der Waals surface area contributed by atoms with Crippen LogP contribution >= 0.6 is 0 Å². The lowest BCUT2D eigenvalue weighted by Crippen LogP contribution is -2.38. The Balaban J connectivity index is 1.47. The topological polar surface area (TPSA) is 106 Å². The highest BCUT2D eigenvalue weighted by molar-refractivity contribution is 6.13. The first kappa shape index (κ1) is 30.6. The lowest BCUT2D eigenvalue weighted by Gasteiger charge is -2.23. The van der Waals surface area contributed by atoms with E-state index in [1.807, 2.05) is 43.3 Å². The Bertz CT molecular complexity index is 1980. The number of ether oxygens (including phenoxy) is 1. The molecule has 6 rings (SSSR count). The van der Waals surface area contributed by atoms with Crippen LogP contribution in [0.3, 0.4) is 0 Å². The number of fused-ring (bicyclic) bond motifs is 1. The van der Waals surface area contributed by atoms with Crippen LogP contribution in [0.15, 0.2) is 85.1 Å². The summed E-state index contributed by atoms with van der Waals surface area (Å²) in [5.74, 6) is -1.34. The van der Waals surface area contributed by atoms with Gasteiger partial charge in [-0.15, -0.1) is 9.73 Å². The molecule has 9 nitrogen and oxygen atoms in total. The molecule has 2 aromatic heterocycles. The van der Waals surface area contributed by atoms with E-state index in [0.717, 1.165) is 28.9 Å². The SMILES string of the molecule is Cc1ccc(C(=O)NC2(c3ccccc3)CC2)cc1-c1ccnn2nc(-c3ccc(F)cc3)c(C(=O)N(C)C(=O)OC(C)(C)C)c12. The van der Waals surface area contributed by atoms with Crippen LogP contribution in [-0.4, -0.2) is 50.3 Å². The Kier molecular flexibility index (Phi) is 7.67. The number of hydrogen-bond donors (Lipinski definition) is 1. The van der Waals surface area contributed by atoms with E-state index in [1.165, 1.54) is 35.9 Å². The molecule has 1 fully saturated rings. The second-order valence-electron chi connectivity index (χ2n) is 12.6. The van der Waals surface area contributed by atoms with Crippen molar-refractivity contribution in [2.45, 2.75) is 51.7 Å². The van der Waals surface area contributed by atoms with Crippen LogP contribution < -0.4 is 5.32 Å². The third-order valence-electron chi connectivity index (χ3n) is 8.06. The number of hydrogen-bond acceptors (Lipinski definition) is 6. The molecule has 234 valence electrons. The number of imide groups is 1. The van der Waals surface area contributed by atoms with Crippen molar-refractivity contribution in [2.24, 2.45) is 0 Å². The summed E-state index contributed by atoms with van der Waals surface area (Å²) >= 11 is 0. The Labute approximate surface area is 266 Å². The lowest BCUT2D eigenvalue weighted by atomic mass is 9.95. The molecule has 0 spiro atoms. The monoisotopic (exact) mass is 619 g/mol. The van der Waals surface area contributed by atoms with E-state index in [2.05, 4.69) is 15.5 Å². The first-order valence-corrected chi connectivity index (χ1v) is 15.0. The van der Waals surface area contributed by atoms with Gasteiger partial charge in [0.1, 0.15) is 22.6 Å². The Morgan fingerprint density at radius 1 is 0.957 bits per heavy atom. The van der Waals surface area contributed by atoms with Gasteiger partial charge in [-0.25, -0.2) is 14.1 Å². The number of nitrogens with zero attached hydrogens (tertiary/aromatic N) is 4. The maximum Gasteiger partial charge on any atom is 0.417 e. The van der Waals surface area contributed by atoms with Crippen LogP contribution in [0.25, 0.3) is 27.9 Å². The highest BCUT2D eigenvalue weighted by atomic mass is 19.1. The summed E-state index contributed by atoms with van der Waals surface area (Å²) in [5.41, 5.74) is 3.47. The van der Waals surface area contributed by atoms with Gasteiger partial charge in [0.25, 0.3) is 11.8 Å². The summed E-state index contributed by atoms with van der Waals surface area (Å²) in [4.78, 5) is 41.7. The summed E-state index contributed by atoms with van der Waals surface area (Å²) in [6.45, 7) is 7.04. The highest BCUT2D eigenvalue weighted by Crippen LogP contribution is 2.45. The molecule has 0 aliphatic heterocycles. The average Bonchev–Trinajstić information content (AvgIpc) is 3.70. The molecule has 0 unspecified atom stereocenters. The van der Waals surface area contributed by atoms with Gasteiger partial charge in [-0.2, -0.15) is 5.10 Å². The molecular weight excluding hydrogens is 585 g/mol. The molecule has 46 heavy (non-hydrogen) atoms. The fraction of sp³-hybridized carbons (Fsp3) is 0.250. The van der Waals surface area contributed by atoms with Crippen molar-refractivity contribution in [3.8, 4) is 22.4 Å². The molecule has 1 N–H and O–H groups in total. The van der Waals surface area contributed by atoms with E-state index < -0.39 is 29.0 Å². The van der Waals surface area contributed by atoms with Gasteiger partial charge in [-0.3, -0.25) is 9.59 Å². The Hall–Kier alpha value is -5.38. The first-order chi connectivity index (χ1) is 21.9. The maximum atomic E-state index is 14.2. The van der Waals surface area contributed by atoms with Crippen molar-refractivity contribution >= 4 is 23.4 Å². The van der Waals surface area contributed by atoms with Crippen LogP contribution in [0.2, 0.25) is 0 Å². The van der Waals surface area contributed by atoms with Gasteiger partial charge in [0.15, 0.2) is 0 Å². The van der Waals surface area contributed by atoms with E-state index in [4.69, 9.17) is 4.74 Å². The summed E-state index contributed by atoms with van der Waals surface area (Å²) < 4.78 is 20.7. The second-order valence-corrected chi connectivity index (χ2v) is 12.6. The minimum absolute atomic E-state index is 0.0818. The van der Waals surface area contributed by atoms with Gasteiger partial charge in [-0.1, -0.05) is 36.4 Å². The number of rotatable bonds is 6. The van der Waals surface area contributed by atoms with Gasteiger partial charge in [0.05, 0.1) is 17.3 Å². The van der Waals surface area contributed by atoms with Crippen LogP contribution in [-0.2, 0) is 10.3 Å². The smallest absolute Gasteiger partial charge is 0.417 e. The van der Waals surface area contributed by atoms with Gasteiger partial charge < -0.3 is 10.1 Å². The Morgan fingerprint density at radius 2 is 1.65 bits per heavy atom. The molecule has 2 heterocycles. The van der Waals surface area contributed by atoms with Crippen LogP contribution in [0.4, 0.5) is 9.18 Å². The van der Waals surface area contributed by atoms with Crippen molar-refractivity contribution in [1.29, 1.82) is 0 Å². The predicted octanol–water partition coefficient (Wildman–Crippen LogP) is 6.94. The summed E-state index contributed by atoms with van der Waals surface area (Å²) in [5, 5.41) is 12.2. The van der Waals surface area contributed by atoms with Crippen LogP contribution in [0.5, 0.6) is 0 Å². The van der Waals surface area contributed by atoms with E-state index in [0.29, 0.717) is 27.8 Å². The number of amides is 3. The molecule has 3 amide bonds. The largest absolute Gasteiger partial charge is 0.443 e. The summed E-state index contributed by atoms with van der Waals surface area (Å²) in [6, 6.07) is 22.6. The van der Waals surface area contributed by atoms with Gasteiger partial charge in [-0.05, 0) is 99.7 Å². The van der Waals surface area contributed by atoms with Crippen LogP contribution in [0.1, 0.15) is 65.5 Å². The van der Waals surface area contributed by atoms with E-state index >= 15 is 0 Å². The molecular formula is C36H34FN5O4. The average molecular weight is 620 g/mol. The molecule has 5 aromatic rings. The predicted molar refractivity (Wildman–Crippen MR) is 172 cm³/mol. The van der Waals surface area contributed by atoms with Crippen molar-refractivity contribution in [3.05, 3.63) is 113 Å². The zero-order chi connectivity index (χ0) is 32.8. The number of halogens is 1. The van der Waals surface area contributed by atoms with Crippen molar-refractivity contribution in [2.75, 3.05) is 7.05 Å².